The van der Waals surface area contributed by atoms with Crippen molar-refractivity contribution in [3.05, 3.63) is 62.4 Å². The van der Waals surface area contributed by atoms with Gasteiger partial charge in [0.25, 0.3) is 5.56 Å². The molecular weight excluding hydrogens is 428 g/mol. The number of nitrogens with zero attached hydrogens (tertiary/aromatic N) is 5. The van der Waals surface area contributed by atoms with Crippen molar-refractivity contribution in [2.75, 3.05) is 0 Å². The average molecular weight is 449 g/mol. The molecule has 3 heterocycles. The fourth-order valence-electron chi connectivity index (χ4n) is 3.70. The zero-order valence-electron chi connectivity index (χ0n) is 17.4. The SMILES string of the molecule is Cc1ccc(-c2noc(CSc3nc(C4CC4)nc4c3c(=O)[nH]c(=O)n4C3CC3)n2)cc1. The summed E-state index contributed by atoms with van der Waals surface area (Å²) in [7, 11) is 0. The molecule has 0 radical (unpaired) electrons. The molecule has 162 valence electrons. The van der Waals surface area contributed by atoms with Crippen molar-refractivity contribution >= 4 is 22.8 Å². The van der Waals surface area contributed by atoms with E-state index in [1.165, 1.54) is 11.8 Å². The second-order valence-corrected chi connectivity index (χ2v) is 9.35. The molecule has 0 unspecified atom stereocenters. The van der Waals surface area contributed by atoms with Crippen LogP contribution in [0.15, 0.2) is 43.4 Å². The molecule has 1 aromatic carbocycles. The molecule has 2 fully saturated rings. The highest BCUT2D eigenvalue weighted by molar-refractivity contribution is 7.98. The number of hydrogen-bond donors (Lipinski definition) is 1. The molecule has 0 bridgehead atoms. The van der Waals surface area contributed by atoms with E-state index in [4.69, 9.17) is 9.51 Å². The molecule has 0 amide bonds. The molecule has 9 nitrogen and oxygen atoms in total. The minimum Gasteiger partial charge on any atom is -0.338 e. The third-order valence-corrected chi connectivity index (χ3v) is 6.69. The summed E-state index contributed by atoms with van der Waals surface area (Å²) in [6.07, 6.45) is 3.87. The van der Waals surface area contributed by atoms with Crippen LogP contribution in [0.25, 0.3) is 22.4 Å². The van der Waals surface area contributed by atoms with Crippen LogP contribution in [0.2, 0.25) is 0 Å². The van der Waals surface area contributed by atoms with E-state index in [-0.39, 0.29) is 12.0 Å². The summed E-state index contributed by atoms with van der Waals surface area (Å²) in [6.45, 7) is 2.02. The molecule has 4 aromatic rings. The Balaban J connectivity index is 1.36. The lowest BCUT2D eigenvalue weighted by atomic mass is 10.1. The standard InChI is InChI=1S/C22H20N6O3S/c1-11-2-4-13(5-3-11)18-23-15(31-27-18)10-32-21-16-19(24-17(25-21)12-6-7-12)28(14-8-9-14)22(30)26-20(16)29/h2-5,12,14H,6-10H2,1H3,(H,26,29,30). The third kappa shape index (κ3) is 3.54. The fraction of sp³-hybridized carbons (Fsp3) is 0.364. The second kappa shape index (κ2) is 7.40. The van der Waals surface area contributed by atoms with Gasteiger partial charge in [-0.15, -0.1) is 0 Å². The zero-order valence-corrected chi connectivity index (χ0v) is 18.2. The number of aromatic nitrogens is 6. The second-order valence-electron chi connectivity index (χ2n) is 8.39. The lowest BCUT2D eigenvalue weighted by Gasteiger charge is -2.11. The summed E-state index contributed by atoms with van der Waals surface area (Å²) in [5.41, 5.74) is 1.61. The first-order valence-corrected chi connectivity index (χ1v) is 11.6. The summed E-state index contributed by atoms with van der Waals surface area (Å²) in [6, 6.07) is 7.99. The minimum atomic E-state index is -0.461. The molecule has 2 aliphatic rings. The van der Waals surface area contributed by atoms with Crippen LogP contribution in [0.4, 0.5) is 0 Å². The van der Waals surface area contributed by atoms with E-state index in [2.05, 4.69) is 20.1 Å². The zero-order chi connectivity index (χ0) is 21.8. The quantitative estimate of drug-likeness (QED) is 0.352. The average Bonchev–Trinajstić information content (AvgIpc) is 3.71. The summed E-state index contributed by atoms with van der Waals surface area (Å²) in [5.74, 6) is 2.31. The number of nitrogens with one attached hydrogen (secondary N) is 1. The maximum absolute atomic E-state index is 12.7. The van der Waals surface area contributed by atoms with E-state index in [1.807, 2.05) is 31.2 Å². The summed E-state index contributed by atoms with van der Waals surface area (Å²) < 4.78 is 7.05. The Labute approximate surface area is 186 Å². The van der Waals surface area contributed by atoms with Crippen molar-refractivity contribution in [2.24, 2.45) is 0 Å². The lowest BCUT2D eigenvalue weighted by molar-refractivity contribution is 0.391. The van der Waals surface area contributed by atoms with Crippen molar-refractivity contribution < 1.29 is 4.52 Å². The van der Waals surface area contributed by atoms with Crippen molar-refractivity contribution in [1.29, 1.82) is 0 Å². The van der Waals surface area contributed by atoms with Crippen LogP contribution >= 0.6 is 11.8 Å². The highest BCUT2D eigenvalue weighted by Crippen LogP contribution is 2.41. The van der Waals surface area contributed by atoms with Crippen LogP contribution in [0, 0.1) is 6.92 Å². The normalized spacial score (nSPS) is 16.0. The van der Waals surface area contributed by atoms with Gasteiger partial charge in [0.1, 0.15) is 16.2 Å². The number of hydrogen-bond acceptors (Lipinski definition) is 8. The number of fused-ring (bicyclic) bond motifs is 1. The largest absolute Gasteiger partial charge is 0.338 e. The Morgan fingerprint density at radius 3 is 2.59 bits per heavy atom. The van der Waals surface area contributed by atoms with E-state index in [0.717, 1.165) is 36.8 Å². The first kappa shape index (κ1) is 19.4. The Morgan fingerprint density at radius 2 is 1.88 bits per heavy atom. The van der Waals surface area contributed by atoms with E-state index >= 15 is 0 Å². The number of benzene rings is 1. The van der Waals surface area contributed by atoms with Crippen LogP contribution in [0.1, 0.15) is 54.9 Å². The molecule has 3 aromatic heterocycles. The molecule has 2 saturated carbocycles. The summed E-state index contributed by atoms with van der Waals surface area (Å²) in [4.78, 5) is 41.5. The van der Waals surface area contributed by atoms with Crippen molar-refractivity contribution in [2.45, 2.75) is 55.3 Å². The highest BCUT2D eigenvalue weighted by atomic mass is 32.2. The number of thioether (sulfide) groups is 1. The van der Waals surface area contributed by atoms with Crippen molar-refractivity contribution in [3.8, 4) is 11.4 Å². The van der Waals surface area contributed by atoms with Gasteiger partial charge in [-0.2, -0.15) is 4.98 Å². The first-order valence-electron chi connectivity index (χ1n) is 10.7. The van der Waals surface area contributed by atoms with Gasteiger partial charge in [0.05, 0.1) is 5.75 Å². The van der Waals surface area contributed by atoms with E-state index < -0.39 is 11.2 Å². The van der Waals surface area contributed by atoms with E-state index in [1.54, 1.807) is 4.57 Å². The van der Waals surface area contributed by atoms with Crippen LogP contribution < -0.4 is 11.2 Å². The molecule has 6 rings (SSSR count). The number of rotatable bonds is 6. The van der Waals surface area contributed by atoms with Gasteiger partial charge in [-0.25, -0.2) is 14.8 Å². The number of H-pyrrole nitrogens is 1. The van der Waals surface area contributed by atoms with Gasteiger partial charge in [-0.05, 0) is 32.6 Å². The molecule has 32 heavy (non-hydrogen) atoms. The van der Waals surface area contributed by atoms with Crippen LogP contribution in [-0.2, 0) is 5.75 Å². The molecule has 1 N–H and O–H groups in total. The molecule has 0 saturated heterocycles. The molecule has 2 aliphatic carbocycles. The fourth-order valence-corrected chi connectivity index (χ4v) is 4.56. The van der Waals surface area contributed by atoms with Crippen molar-refractivity contribution in [1.82, 2.24) is 29.7 Å². The number of aromatic amines is 1. The van der Waals surface area contributed by atoms with Gasteiger partial charge in [0.15, 0.2) is 5.65 Å². The van der Waals surface area contributed by atoms with E-state index in [0.29, 0.717) is 39.4 Å². The number of aryl methyl sites for hydroxylation is 1. The Kier molecular flexibility index (Phi) is 4.49. The van der Waals surface area contributed by atoms with Crippen LogP contribution in [0.5, 0.6) is 0 Å². The highest BCUT2D eigenvalue weighted by Gasteiger charge is 2.32. The third-order valence-electron chi connectivity index (χ3n) is 5.73. The Bertz CT molecular complexity index is 1450. The first-order chi connectivity index (χ1) is 15.6. The topological polar surface area (TPSA) is 120 Å². The monoisotopic (exact) mass is 448 g/mol. The van der Waals surface area contributed by atoms with Gasteiger partial charge in [-0.3, -0.25) is 14.3 Å². The van der Waals surface area contributed by atoms with Gasteiger partial charge >= 0.3 is 5.69 Å². The van der Waals surface area contributed by atoms with Gasteiger partial charge in [0, 0.05) is 17.5 Å². The van der Waals surface area contributed by atoms with E-state index in [9.17, 15) is 9.59 Å². The molecule has 0 aliphatic heterocycles. The minimum absolute atomic E-state index is 0.0923. The van der Waals surface area contributed by atoms with Crippen molar-refractivity contribution in [3.63, 3.8) is 0 Å². The molecule has 0 spiro atoms. The predicted octanol–water partition coefficient (Wildman–Crippen LogP) is 3.34. The Hall–Kier alpha value is -3.27. The predicted molar refractivity (Wildman–Crippen MR) is 119 cm³/mol. The van der Waals surface area contributed by atoms with Gasteiger partial charge in [-0.1, -0.05) is 46.7 Å². The molecule has 10 heteroatoms. The Morgan fingerprint density at radius 1 is 1.09 bits per heavy atom. The van der Waals surface area contributed by atoms with Crippen LogP contribution in [-0.4, -0.2) is 29.7 Å². The molecule has 0 atom stereocenters. The van der Waals surface area contributed by atoms with Crippen LogP contribution in [0.3, 0.4) is 0 Å². The maximum Gasteiger partial charge on any atom is 0.330 e. The lowest BCUT2D eigenvalue weighted by Crippen LogP contribution is -2.31. The smallest absolute Gasteiger partial charge is 0.330 e. The maximum atomic E-state index is 12.7. The summed E-state index contributed by atoms with van der Waals surface area (Å²) >= 11 is 1.35. The van der Waals surface area contributed by atoms with Gasteiger partial charge < -0.3 is 4.52 Å². The van der Waals surface area contributed by atoms with Gasteiger partial charge in [0.2, 0.25) is 11.7 Å². The molecular formula is C22H20N6O3S. The summed E-state index contributed by atoms with van der Waals surface area (Å²) in [5, 5.41) is 4.97.